The highest BCUT2D eigenvalue weighted by molar-refractivity contribution is 14.1. The summed E-state index contributed by atoms with van der Waals surface area (Å²) in [7, 11) is 0. The molecule has 14 heteroatoms. The maximum absolute atomic E-state index is 15.2. The normalized spacial score (nSPS) is 14.4. The SMILES string of the molecule is Nc1ncnn2c(CCCN3CCOCC3)cc(-c3ccc(NC(=O)Nc4cc(C(F)(F)F)ccc4I)c(F)c3)c12. The van der Waals surface area contributed by atoms with E-state index in [1.807, 2.05) is 6.07 Å². The number of carbonyl (C=O) groups excluding carboxylic acids is 1. The summed E-state index contributed by atoms with van der Waals surface area (Å²) in [5.41, 5.74) is 7.66. The van der Waals surface area contributed by atoms with Gasteiger partial charge >= 0.3 is 12.2 Å². The molecule has 0 radical (unpaired) electrons. The molecule has 1 fully saturated rings. The number of rotatable bonds is 7. The standard InChI is InChI=1S/C27H26F4IN7O2/c28-20-12-16(3-6-22(20)36-26(40)37-23-13-17(27(29,30)31)4-5-21(23)32)19-14-18(39-24(19)25(33)34-15-35-39)2-1-7-38-8-10-41-11-9-38/h3-6,12-15H,1-2,7-11H2,(H2,33,34,35)(H2,36,37,40). The Kier molecular flexibility index (Phi) is 8.60. The zero-order valence-corrected chi connectivity index (χ0v) is 23.8. The Labute approximate surface area is 246 Å². The molecule has 9 nitrogen and oxygen atoms in total. The van der Waals surface area contributed by atoms with Gasteiger partial charge in [-0.05, 0) is 83.9 Å². The Morgan fingerprint density at radius 3 is 2.56 bits per heavy atom. The molecule has 2 aromatic heterocycles. The van der Waals surface area contributed by atoms with Crippen LogP contribution in [0.2, 0.25) is 0 Å². The molecule has 5 rings (SSSR count). The van der Waals surface area contributed by atoms with E-state index in [4.69, 9.17) is 10.5 Å². The number of fused-ring (bicyclic) bond motifs is 1. The fourth-order valence-corrected chi connectivity index (χ4v) is 5.17. The number of aryl methyl sites for hydroxylation is 1. The lowest BCUT2D eigenvalue weighted by atomic mass is 10.1. The van der Waals surface area contributed by atoms with Crippen molar-refractivity contribution in [3.63, 3.8) is 0 Å². The first-order valence-corrected chi connectivity index (χ1v) is 13.8. The van der Waals surface area contributed by atoms with Gasteiger partial charge in [-0.3, -0.25) is 4.90 Å². The predicted octanol–water partition coefficient (Wildman–Crippen LogP) is 5.65. The molecular formula is C27H26F4IN7O2. The lowest BCUT2D eigenvalue weighted by Gasteiger charge is -2.26. The van der Waals surface area contributed by atoms with Gasteiger partial charge in [0.05, 0.1) is 30.2 Å². The molecule has 2 aromatic carbocycles. The number of nitrogens with zero attached hydrogens (tertiary/aromatic N) is 4. The van der Waals surface area contributed by atoms with Crippen LogP contribution >= 0.6 is 22.6 Å². The van der Waals surface area contributed by atoms with Crippen LogP contribution in [0.5, 0.6) is 0 Å². The van der Waals surface area contributed by atoms with Gasteiger partial charge in [0.2, 0.25) is 0 Å². The summed E-state index contributed by atoms with van der Waals surface area (Å²) >= 11 is 1.80. The van der Waals surface area contributed by atoms with Crippen molar-refractivity contribution in [3.8, 4) is 11.1 Å². The third kappa shape index (κ3) is 6.70. The van der Waals surface area contributed by atoms with Gasteiger partial charge in [0.1, 0.15) is 17.7 Å². The predicted molar refractivity (Wildman–Crippen MR) is 155 cm³/mol. The molecule has 0 spiro atoms. The molecule has 0 unspecified atom stereocenters. The van der Waals surface area contributed by atoms with Gasteiger partial charge in [-0.15, -0.1) is 0 Å². The second-order valence-corrected chi connectivity index (χ2v) is 10.6. The Hall–Kier alpha value is -3.50. The van der Waals surface area contributed by atoms with Crippen molar-refractivity contribution in [3.05, 3.63) is 69.4 Å². The number of amides is 2. The highest BCUT2D eigenvalue weighted by Crippen LogP contribution is 2.34. The summed E-state index contributed by atoms with van der Waals surface area (Å²) in [6.07, 6.45) is -1.60. The Balaban J connectivity index is 1.33. The minimum absolute atomic E-state index is 0.0492. The molecule has 0 saturated carbocycles. The number of nitrogens with two attached hydrogens (primary N) is 1. The van der Waals surface area contributed by atoms with Crippen molar-refractivity contribution < 1.29 is 27.1 Å². The van der Waals surface area contributed by atoms with E-state index < -0.39 is 23.6 Å². The van der Waals surface area contributed by atoms with Crippen molar-refractivity contribution in [2.45, 2.75) is 19.0 Å². The summed E-state index contributed by atoms with van der Waals surface area (Å²) in [6, 6.07) is 8.25. The summed E-state index contributed by atoms with van der Waals surface area (Å²) in [4.78, 5) is 19.0. The third-order valence-corrected chi connectivity index (χ3v) is 7.68. The Morgan fingerprint density at radius 1 is 1.07 bits per heavy atom. The van der Waals surface area contributed by atoms with Gasteiger partial charge < -0.3 is 21.1 Å². The fourth-order valence-electron chi connectivity index (χ4n) is 4.70. The second kappa shape index (κ2) is 12.2. The molecule has 2 amide bonds. The molecule has 3 heterocycles. The number of aromatic nitrogens is 3. The number of nitrogens with one attached hydrogen (secondary N) is 2. The monoisotopic (exact) mass is 683 g/mol. The Morgan fingerprint density at radius 2 is 1.83 bits per heavy atom. The van der Waals surface area contributed by atoms with Gasteiger partial charge in [-0.2, -0.15) is 18.3 Å². The number of benzene rings is 2. The highest BCUT2D eigenvalue weighted by Gasteiger charge is 2.31. The van der Waals surface area contributed by atoms with E-state index in [2.05, 4.69) is 25.6 Å². The quantitative estimate of drug-likeness (QED) is 0.172. The number of hydrogen-bond donors (Lipinski definition) is 3. The van der Waals surface area contributed by atoms with Crippen molar-refractivity contribution in [2.24, 2.45) is 0 Å². The van der Waals surface area contributed by atoms with Gasteiger partial charge in [-0.25, -0.2) is 18.7 Å². The number of ether oxygens (including phenoxy) is 1. The van der Waals surface area contributed by atoms with Crippen molar-refractivity contribution >= 4 is 51.3 Å². The first-order chi connectivity index (χ1) is 19.6. The van der Waals surface area contributed by atoms with Crippen LogP contribution in [0.3, 0.4) is 0 Å². The number of anilines is 3. The third-order valence-electron chi connectivity index (χ3n) is 6.74. The van der Waals surface area contributed by atoms with Crippen LogP contribution in [0.25, 0.3) is 16.6 Å². The number of nitrogen functional groups attached to an aromatic ring is 1. The van der Waals surface area contributed by atoms with Gasteiger partial charge in [-0.1, -0.05) is 6.07 Å². The van der Waals surface area contributed by atoms with Gasteiger partial charge in [0.15, 0.2) is 5.82 Å². The first-order valence-electron chi connectivity index (χ1n) is 12.8. The average molecular weight is 683 g/mol. The van der Waals surface area contributed by atoms with Crippen molar-refractivity contribution in [1.29, 1.82) is 0 Å². The first kappa shape index (κ1) is 29.0. The largest absolute Gasteiger partial charge is 0.416 e. The zero-order chi connectivity index (χ0) is 29.1. The summed E-state index contributed by atoms with van der Waals surface area (Å²) in [6.45, 7) is 4.15. The van der Waals surface area contributed by atoms with Crippen LogP contribution in [-0.4, -0.2) is 58.4 Å². The Bertz CT molecular complexity index is 1570. The molecule has 41 heavy (non-hydrogen) atoms. The maximum atomic E-state index is 15.2. The fraction of sp³-hybridized carbons (Fsp3) is 0.296. The van der Waals surface area contributed by atoms with Crippen molar-refractivity contribution in [2.75, 3.05) is 49.2 Å². The maximum Gasteiger partial charge on any atom is 0.416 e. The number of carbonyl (C=O) groups is 1. The summed E-state index contributed by atoms with van der Waals surface area (Å²) in [5.74, 6) is -0.493. The lowest BCUT2D eigenvalue weighted by Crippen LogP contribution is -2.37. The van der Waals surface area contributed by atoms with Crippen molar-refractivity contribution in [1.82, 2.24) is 19.5 Å². The van der Waals surface area contributed by atoms with Crippen LogP contribution < -0.4 is 16.4 Å². The molecule has 216 valence electrons. The summed E-state index contributed by atoms with van der Waals surface area (Å²) in [5, 5.41) is 9.07. The van der Waals surface area contributed by atoms with Crippen LogP contribution in [0.15, 0.2) is 48.8 Å². The summed E-state index contributed by atoms with van der Waals surface area (Å²) < 4.78 is 61.9. The number of halogens is 5. The van der Waals surface area contributed by atoms with Gasteiger partial charge in [0, 0.05) is 27.9 Å². The smallest absolute Gasteiger partial charge is 0.382 e. The molecule has 0 atom stereocenters. The minimum Gasteiger partial charge on any atom is -0.382 e. The highest BCUT2D eigenvalue weighted by atomic mass is 127. The van der Waals surface area contributed by atoms with E-state index >= 15 is 4.39 Å². The second-order valence-electron chi connectivity index (χ2n) is 9.48. The average Bonchev–Trinajstić information content (AvgIpc) is 3.31. The van der Waals surface area contributed by atoms with E-state index in [0.717, 1.165) is 57.1 Å². The topological polar surface area (TPSA) is 110 Å². The van der Waals surface area contributed by atoms with Crippen LogP contribution in [0.4, 0.5) is 39.5 Å². The number of morpholine rings is 1. The van der Waals surface area contributed by atoms with Crippen LogP contribution in [0.1, 0.15) is 17.7 Å². The molecule has 1 aliphatic heterocycles. The van der Waals surface area contributed by atoms with E-state index in [1.165, 1.54) is 24.5 Å². The van der Waals surface area contributed by atoms with E-state index in [1.54, 1.807) is 33.2 Å². The zero-order valence-electron chi connectivity index (χ0n) is 21.6. The molecular weight excluding hydrogens is 657 g/mol. The molecule has 0 aliphatic carbocycles. The molecule has 4 aromatic rings. The number of urea groups is 1. The van der Waals surface area contributed by atoms with E-state index in [-0.39, 0.29) is 17.2 Å². The number of hydrogen-bond acceptors (Lipinski definition) is 6. The van der Waals surface area contributed by atoms with E-state index in [9.17, 15) is 18.0 Å². The van der Waals surface area contributed by atoms with E-state index in [0.29, 0.717) is 26.6 Å². The molecule has 1 aliphatic rings. The molecule has 4 N–H and O–H groups in total. The minimum atomic E-state index is -4.57. The molecule has 1 saturated heterocycles. The number of alkyl halides is 3. The lowest BCUT2D eigenvalue weighted by molar-refractivity contribution is -0.137. The molecule has 0 bridgehead atoms. The van der Waals surface area contributed by atoms with Gasteiger partial charge in [0.25, 0.3) is 0 Å². The van der Waals surface area contributed by atoms with Crippen LogP contribution in [0, 0.1) is 9.39 Å². The van der Waals surface area contributed by atoms with Crippen LogP contribution in [-0.2, 0) is 17.3 Å².